The van der Waals surface area contributed by atoms with Crippen LogP contribution in [-0.2, 0) is 14.3 Å². The van der Waals surface area contributed by atoms with E-state index in [2.05, 4.69) is 5.32 Å². The Morgan fingerprint density at radius 1 is 1.00 bits per heavy atom. The van der Waals surface area contributed by atoms with Crippen molar-refractivity contribution in [3.63, 3.8) is 0 Å². The second-order valence-electron chi connectivity index (χ2n) is 6.26. The number of nitrogens with one attached hydrogen (secondary N) is 1. The van der Waals surface area contributed by atoms with Crippen LogP contribution in [0.1, 0.15) is 13.8 Å². The number of rotatable bonds is 8. The summed E-state index contributed by atoms with van der Waals surface area (Å²) >= 11 is 0. The van der Waals surface area contributed by atoms with Gasteiger partial charge in [0.15, 0.2) is 23.7 Å². The summed E-state index contributed by atoms with van der Waals surface area (Å²) < 4.78 is 33.8. The summed E-state index contributed by atoms with van der Waals surface area (Å²) in [4.78, 5) is 24.3. The molecular weight excluding hydrogens is 369 g/mol. The van der Waals surface area contributed by atoms with E-state index < -0.39 is 29.9 Å². The smallest absolute Gasteiger partial charge is 0.350 e. The van der Waals surface area contributed by atoms with Crippen LogP contribution < -0.4 is 19.5 Å². The number of ether oxygens (including phenoxy) is 4. The number of benzene rings is 2. The van der Waals surface area contributed by atoms with Crippen LogP contribution in [0.2, 0.25) is 0 Å². The topological polar surface area (TPSA) is 83.1 Å². The minimum absolute atomic E-state index is 0.304. The van der Waals surface area contributed by atoms with E-state index in [1.165, 1.54) is 52.3 Å². The van der Waals surface area contributed by atoms with E-state index in [1.807, 2.05) is 0 Å². The van der Waals surface area contributed by atoms with Gasteiger partial charge in [0.05, 0.1) is 14.2 Å². The zero-order valence-corrected chi connectivity index (χ0v) is 16.1. The zero-order valence-electron chi connectivity index (χ0n) is 16.1. The molecular formula is C20H22FNO6. The lowest BCUT2D eigenvalue weighted by Gasteiger charge is -2.24. The van der Waals surface area contributed by atoms with Gasteiger partial charge in [0.25, 0.3) is 5.91 Å². The number of hydrogen-bond donors (Lipinski definition) is 1. The highest BCUT2D eigenvalue weighted by Gasteiger charge is 2.32. The molecule has 1 N–H and O–H groups in total. The molecule has 0 aliphatic heterocycles. The van der Waals surface area contributed by atoms with Gasteiger partial charge in [0.1, 0.15) is 11.6 Å². The molecule has 2 aromatic carbocycles. The third-order valence-corrected chi connectivity index (χ3v) is 3.68. The molecule has 8 heteroatoms. The van der Waals surface area contributed by atoms with Gasteiger partial charge in [-0.15, -0.1) is 0 Å². The van der Waals surface area contributed by atoms with Crippen LogP contribution >= 0.6 is 0 Å². The molecule has 0 spiro atoms. The maximum absolute atomic E-state index is 13.0. The van der Waals surface area contributed by atoms with Crippen LogP contribution in [0.5, 0.6) is 17.2 Å². The molecule has 0 aliphatic carbocycles. The van der Waals surface area contributed by atoms with Gasteiger partial charge in [-0.2, -0.15) is 0 Å². The molecule has 0 saturated heterocycles. The first kappa shape index (κ1) is 21.0. The quantitative estimate of drug-likeness (QED) is 0.696. The monoisotopic (exact) mass is 391 g/mol. The number of carbonyl (C=O) groups excluding carboxylic acids is 2. The number of halogens is 1. The molecule has 0 saturated carbocycles. The summed E-state index contributed by atoms with van der Waals surface area (Å²) in [6.45, 7) is 2.49. The molecule has 0 aromatic heterocycles. The van der Waals surface area contributed by atoms with Gasteiger partial charge in [0, 0.05) is 11.8 Å². The Balaban J connectivity index is 1.90. The number of anilines is 1. The van der Waals surface area contributed by atoms with E-state index in [0.29, 0.717) is 22.9 Å². The summed E-state index contributed by atoms with van der Waals surface area (Å²) in [6, 6.07) is 10.1. The van der Waals surface area contributed by atoms with Gasteiger partial charge >= 0.3 is 5.97 Å². The lowest BCUT2D eigenvalue weighted by Crippen LogP contribution is -2.41. The van der Waals surface area contributed by atoms with Gasteiger partial charge in [-0.25, -0.2) is 9.18 Å². The Morgan fingerprint density at radius 2 is 1.64 bits per heavy atom. The number of hydrogen-bond acceptors (Lipinski definition) is 6. The van der Waals surface area contributed by atoms with Crippen LogP contribution in [0.4, 0.5) is 10.1 Å². The van der Waals surface area contributed by atoms with Gasteiger partial charge in [-0.3, -0.25) is 4.79 Å². The molecule has 7 nitrogen and oxygen atoms in total. The van der Waals surface area contributed by atoms with Gasteiger partial charge in [-0.1, -0.05) is 0 Å². The number of carbonyl (C=O) groups is 2. The van der Waals surface area contributed by atoms with E-state index >= 15 is 0 Å². The molecule has 0 bridgehead atoms. The molecule has 1 amide bonds. The Labute approximate surface area is 162 Å². The lowest BCUT2D eigenvalue weighted by molar-refractivity contribution is -0.161. The van der Waals surface area contributed by atoms with Crippen molar-refractivity contribution >= 4 is 17.6 Å². The van der Waals surface area contributed by atoms with Crippen LogP contribution in [0.15, 0.2) is 42.5 Å². The fourth-order valence-electron chi connectivity index (χ4n) is 2.25. The molecule has 0 heterocycles. The largest absolute Gasteiger partial charge is 0.493 e. The number of amides is 1. The molecule has 2 aromatic rings. The highest BCUT2D eigenvalue weighted by atomic mass is 19.1. The summed E-state index contributed by atoms with van der Waals surface area (Å²) in [5.41, 5.74) is -0.901. The molecule has 0 radical (unpaired) electrons. The van der Waals surface area contributed by atoms with E-state index in [9.17, 15) is 14.0 Å². The number of methoxy groups -OCH3 is 2. The van der Waals surface area contributed by atoms with E-state index in [1.54, 1.807) is 18.2 Å². The van der Waals surface area contributed by atoms with Crippen molar-refractivity contribution in [2.75, 3.05) is 26.1 Å². The minimum atomic E-state index is -1.36. The average molecular weight is 391 g/mol. The second-order valence-corrected chi connectivity index (χ2v) is 6.26. The Morgan fingerprint density at radius 3 is 2.25 bits per heavy atom. The Kier molecular flexibility index (Phi) is 6.81. The lowest BCUT2D eigenvalue weighted by atomic mass is 10.1. The average Bonchev–Trinajstić information content (AvgIpc) is 2.67. The standard InChI is InChI=1S/C20H22FNO6/c1-20(2,28-15-8-5-13(21)6-9-15)19(24)27-12-18(23)22-14-7-10-16(25-3)17(11-14)26-4/h5-11H,12H2,1-4H3,(H,22,23). The van der Waals surface area contributed by atoms with Crippen molar-refractivity contribution in [1.29, 1.82) is 0 Å². The van der Waals surface area contributed by atoms with Gasteiger partial charge in [-0.05, 0) is 50.2 Å². The van der Waals surface area contributed by atoms with Crippen molar-refractivity contribution in [3.8, 4) is 17.2 Å². The number of esters is 1. The van der Waals surface area contributed by atoms with Crippen molar-refractivity contribution in [2.45, 2.75) is 19.4 Å². The molecule has 0 aliphatic rings. The molecule has 150 valence electrons. The predicted molar refractivity (Wildman–Crippen MR) is 100 cm³/mol. The maximum atomic E-state index is 13.0. The first-order chi connectivity index (χ1) is 13.2. The summed E-state index contributed by atoms with van der Waals surface area (Å²) in [5, 5.41) is 2.60. The van der Waals surface area contributed by atoms with E-state index in [-0.39, 0.29) is 0 Å². The highest BCUT2D eigenvalue weighted by molar-refractivity contribution is 5.93. The minimum Gasteiger partial charge on any atom is -0.493 e. The van der Waals surface area contributed by atoms with Gasteiger partial charge in [0.2, 0.25) is 0 Å². The molecule has 2 rings (SSSR count). The maximum Gasteiger partial charge on any atom is 0.350 e. The van der Waals surface area contributed by atoms with Crippen LogP contribution in [0, 0.1) is 5.82 Å². The molecule has 28 heavy (non-hydrogen) atoms. The Bertz CT molecular complexity index is 835. The van der Waals surface area contributed by atoms with E-state index in [0.717, 1.165) is 0 Å². The summed E-state index contributed by atoms with van der Waals surface area (Å²) in [7, 11) is 2.99. The summed E-state index contributed by atoms with van der Waals surface area (Å²) in [5.74, 6) is -0.409. The van der Waals surface area contributed by atoms with Crippen molar-refractivity contribution in [2.24, 2.45) is 0 Å². The third kappa shape index (κ3) is 5.60. The normalized spacial score (nSPS) is 10.8. The summed E-state index contributed by atoms with van der Waals surface area (Å²) in [6.07, 6.45) is 0. The third-order valence-electron chi connectivity index (χ3n) is 3.68. The first-order valence-electron chi connectivity index (χ1n) is 8.39. The zero-order chi connectivity index (χ0) is 20.7. The van der Waals surface area contributed by atoms with E-state index in [4.69, 9.17) is 18.9 Å². The van der Waals surface area contributed by atoms with Crippen LogP contribution in [0.3, 0.4) is 0 Å². The van der Waals surface area contributed by atoms with Crippen molar-refractivity contribution in [1.82, 2.24) is 0 Å². The van der Waals surface area contributed by atoms with Crippen LogP contribution in [-0.4, -0.2) is 38.3 Å². The fourth-order valence-corrected chi connectivity index (χ4v) is 2.25. The molecule has 0 atom stereocenters. The second kappa shape index (κ2) is 9.07. The first-order valence-corrected chi connectivity index (χ1v) is 8.39. The Hall–Kier alpha value is -3.29. The van der Waals surface area contributed by atoms with Gasteiger partial charge < -0.3 is 24.3 Å². The van der Waals surface area contributed by atoms with Crippen LogP contribution in [0.25, 0.3) is 0 Å². The van der Waals surface area contributed by atoms with Crippen molar-refractivity contribution < 1.29 is 32.9 Å². The fraction of sp³-hybridized carbons (Fsp3) is 0.300. The molecule has 0 fully saturated rings. The molecule has 0 unspecified atom stereocenters. The SMILES string of the molecule is COc1ccc(NC(=O)COC(=O)C(C)(C)Oc2ccc(F)cc2)cc1OC. The highest BCUT2D eigenvalue weighted by Crippen LogP contribution is 2.29. The van der Waals surface area contributed by atoms with Crippen molar-refractivity contribution in [3.05, 3.63) is 48.3 Å². The predicted octanol–water partition coefficient (Wildman–Crippen LogP) is 3.18.